The molecular formula is C53H45IrN3OSi-2. The van der Waals surface area contributed by atoms with Gasteiger partial charge in [0.15, 0.2) is 0 Å². The normalized spacial score (nSPS) is 12.3. The van der Waals surface area contributed by atoms with Crippen LogP contribution >= 0.6 is 0 Å². The van der Waals surface area contributed by atoms with Crippen molar-refractivity contribution in [3.05, 3.63) is 182 Å². The van der Waals surface area contributed by atoms with Crippen LogP contribution in [0.25, 0.3) is 83.2 Å². The van der Waals surface area contributed by atoms with Gasteiger partial charge in [0, 0.05) is 45.4 Å². The molecule has 6 heteroatoms. The molecule has 3 heterocycles. The third-order valence-corrected chi connectivity index (χ3v) is 12.5. The molecule has 7 aromatic carbocycles. The van der Waals surface area contributed by atoms with E-state index < -0.39 is 14.4 Å². The van der Waals surface area contributed by atoms with Gasteiger partial charge in [0.05, 0.1) is 36.2 Å². The van der Waals surface area contributed by atoms with Gasteiger partial charge in [-0.05, 0) is 52.3 Å². The van der Waals surface area contributed by atoms with Crippen molar-refractivity contribution in [2.75, 3.05) is 0 Å². The van der Waals surface area contributed by atoms with Gasteiger partial charge in [0.25, 0.3) is 0 Å². The van der Waals surface area contributed by atoms with E-state index in [0.29, 0.717) is 0 Å². The molecule has 1 radical (unpaired) electrons. The number of benzene rings is 7. The third-order valence-electron chi connectivity index (χ3n) is 10.5. The molecule has 10 aromatic rings. The first-order valence-electron chi connectivity index (χ1n) is 20.9. The van der Waals surface area contributed by atoms with Crippen LogP contribution in [-0.4, -0.2) is 22.6 Å². The van der Waals surface area contributed by atoms with Crippen molar-refractivity contribution in [3.8, 4) is 39.5 Å². The molecule has 0 N–H and O–H groups in total. The van der Waals surface area contributed by atoms with Gasteiger partial charge < -0.3 is 14.0 Å². The van der Waals surface area contributed by atoms with Crippen LogP contribution in [0.5, 0.6) is 0 Å². The van der Waals surface area contributed by atoms with Gasteiger partial charge in [-0.1, -0.05) is 153 Å². The monoisotopic (exact) mass is 962 g/mol. The Balaban J connectivity index is 0.000000192. The van der Waals surface area contributed by atoms with Gasteiger partial charge >= 0.3 is 0 Å². The zero-order valence-corrected chi connectivity index (χ0v) is 37.1. The number of fused-ring (bicyclic) bond motifs is 5. The van der Waals surface area contributed by atoms with Crippen LogP contribution in [0.15, 0.2) is 168 Å². The number of nitrogens with zero attached hydrogens (tertiary/aromatic N) is 3. The van der Waals surface area contributed by atoms with Crippen molar-refractivity contribution in [3.63, 3.8) is 0 Å². The summed E-state index contributed by atoms with van der Waals surface area (Å²) in [6.07, 6.45) is 0.528. The van der Waals surface area contributed by atoms with Gasteiger partial charge in [-0.15, -0.1) is 54.1 Å². The molecule has 3 aromatic heterocycles. The summed E-state index contributed by atoms with van der Waals surface area (Å²) in [5.74, 6) is 0.724. The van der Waals surface area contributed by atoms with Crippen molar-refractivity contribution < 1.29 is 27.3 Å². The smallest absolute Gasteiger partial charge is 0.120 e. The SMILES string of the molecule is [2H]C([2H])(c1cc(-c2[c-]cccc2)ncc1[Si](C)(C)C)C(C)C.[Ir].[c-]1ccc2c(oc3ccccc32)c1-c1nc2ccccc2n1-c1c(-c2ccccc2)ccc2ccccc12. The predicted octanol–water partition coefficient (Wildman–Crippen LogP) is 13.5. The molecule has 0 bridgehead atoms. The standard InChI is InChI=1S/C35H21N2O.C18H24NSi.Ir/c1-2-11-23(12-3-1)26-22-21-24-13-4-5-14-25(24)33(26)37-31-19-8-7-18-30(31)36-35(37)29-17-10-16-28-27-15-6-9-20-32(27)38-34(28)29;1-14(2)11-16-12-17(15-9-7-6-8-10-15)19-13-18(16)20(3,4)5;/h1-16,18-22H;6-9,12-14H,11H2,1-5H3;/q2*-1;/i;11D2;. The Morgan fingerprint density at radius 3 is 2.24 bits per heavy atom. The van der Waals surface area contributed by atoms with Crippen LogP contribution in [0.1, 0.15) is 22.2 Å². The van der Waals surface area contributed by atoms with Crippen molar-refractivity contribution in [2.24, 2.45) is 5.92 Å². The minimum atomic E-state index is -1.67. The molecule has 0 unspecified atom stereocenters. The maximum atomic E-state index is 8.55. The number of hydrogen-bond donors (Lipinski definition) is 0. The average molecular weight is 962 g/mol. The summed E-state index contributed by atoms with van der Waals surface area (Å²) in [6, 6.07) is 60.4. The molecule has 10 rings (SSSR count). The van der Waals surface area contributed by atoms with Crippen molar-refractivity contribution >= 4 is 57.0 Å². The summed E-state index contributed by atoms with van der Waals surface area (Å²) < 4.78 is 25.8. The topological polar surface area (TPSA) is 43.9 Å². The Morgan fingerprint density at radius 1 is 0.729 bits per heavy atom. The van der Waals surface area contributed by atoms with E-state index in [4.69, 9.17) is 12.1 Å². The van der Waals surface area contributed by atoms with Gasteiger partial charge in [0.1, 0.15) is 5.58 Å². The summed E-state index contributed by atoms with van der Waals surface area (Å²) in [7, 11) is -1.67. The van der Waals surface area contributed by atoms with Gasteiger partial charge in [-0.3, -0.25) is 4.98 Å². The molecule has 59 heavy (non-hydrogen) atoms. The van der Waals surface area contributed by atoms with Crippen LogP contribution in [0, 0.1) is 18.1 Å². The molecule has 0 aliphatic rings. The summed E-state index contributed by atoms with van der Waals surface area (Å²) in [5, 5.41) is 5.60. The first kappa shape index (κ1) is 37.4. The fourth-order valence-corrected chi connectivity index (χ4v) is 9.21. The van der Waals surface area contributed by atoms with E-state index in [1.165, 1.54) is 5.39 Å². The summed E-state index contributed by atoms with van der Waals surface area (Å²) >= 11 is 0. The van der Waals surface area contributed by atoms with E-state index in [1.807, 2.05) is 80.7 Å². The average Bonchev–Trinajstić information content (AvgIpc) is 3.85. The Hall–Kier alpha value is -5.91. The first-order chi connectivity index (χ1) is 29.0. The zero-order chi connectivity index (χ0) is 41.6. The Labute approximate surface area is 363 Å². The summed E-state index contributed by atoms with van der Waals surface area (Å²) in [6.45, 7) is 10.6. The molecule has 0 aliphatic carbocycles. The third kappa shape index (κ3) is 7.84. The molecule has 0 atom stereocenters. The molecule has 0 spiro atoms. The molecule has 0 fully saturated rings. The predicted molar refractivity (Wildman–Crippen MR) is 246 cm³/mol. The van der Waals surface area contributed by atoms with Gasteiger partial charge in [-0.25, -0.2) is 0 Å². The van der Waals surface area contributed by atoms with Crippen LogP contribution < -0.4 is 5.19 Å². The zero-order valence-electron chi connectivity index (χ0n) is 35.7. The van der Waals surface area contributed by atoms with Crippen molar-refractivity contribution in [1.82, 2.24) is 14.5 Å². The first-order valence-corrected chi connectivity index (χ1v) is 23.4. The van der Waals surface area contributed by atoms with Gasteiger partial charge in [0.2, 0.25) is 0 Å². The molecule has 0 saturated carbocycles. The van der Waals surface area contributed by atoms with E-state index in [9.17, 15) is 0 Å². The summed E-state index contributed by atoms with van der Waals surface area (Å²) in [4.78, 5) is 9.78. The number of aromatic nitrogens is 3. The number of pyridine rings is 1. The second kappa shape index (κ2) is 16.7. The molecule has 4 nitrogen and oxygen atoms in total. The van der Waals surface area contributed by atoms with Crippen molar-refractivity contribution in [1.29, 1.82) is 0 Å². The molecule has 0 aliphatic heterocycles. The Morgan fingerprint density at radius 2 is 1.46 bits per heavy atom. The second-order valence-corrected chi connectivity index (χ2v) is 21.0. The van der Waals surface area contributed by atoms with E-state index >= 15 is 0 Å². The van der Waals surface area contributed by atoms with E-state index in [1.54, 1.807) is 0 Å². The number of hydrogen-bond acceptors (Lipinski definition) is 3. The second-order valence-electron chi connectivity index (χ2n) is 15.9. The van der Waals surface area contributed by atoms with Crippen LogP contribution in [-0.2, 0) is 26.5 Å². The number of para-hydroxylation sites is 3. The van der Waals surface area contributed by atoms with Crippen molar-refractivity contribution in [2.45, 2.75) is 39.9 Å². The molecule has 0 amide bonds. The minimum absolute atomic E-state index is 0. The van der Waals surface area contributed by atoms with Crippen LogP contribution in [0.2, 0.25) is 19.6 Å². The summed E-state index contributed by atoms with van der Waals surface area (Å²) in [5.41, 5.74) is 10.4. The number of imidazole rings is 1. The van der Waals surface area contributed by atoms with Crippen LogP contribution in [0.3, 0.4) is 0 Å². The van der Waals surface area contributed by atoms with Crippen LogP contribution in [0.4, 0.5) is 0 Å². The Kier molecular flexibility index (Phi) is 10.6. The Bertz CT molecular complexity index is 3150. The minimum Gasteiger partial charge on any atom is -0.501 e. The fraction of sp³-hybridized carbons (Fsp3) is 0.132. The molecule has 293 valence electrons. The maximum Gasteiger partial charge on any atom is 0.120 e. The van der Waals surface area contributed by atoms with Gasteiger partial charge in [-0.2, -0.15) is 0 Å². The van der Waals surface area contributed by atoms with E-state index in [2.05, 4.69) is 138 Å². The molecule has 0 saturated heterocycles. The largest absolute Gasteiger partial charge is 0.501 e. The number of rotatable bonds is 7. The van der Waals surface area contributed by atoms with E-state index in [-0.39, 0.29) is 26.0 Å². The van der Waals surface area contributed by atoms with E-state index in [0.717, 1.165) is 88.6 Å². The quantitative estimate of drug-likeness (QED) is 0.118. The molecular weight excluding hydrogens is 915 g/mol. The fourth-order valence-electron chi connectivity index (χ4n) is 7.81. The maximum absolute atomic E-state index is 8.55. The number of furan rings is 1.